The van der Waals surface area contributed by atoms with Crippen molar-refractivity contribution in [3.63, 3.8) is 0 Å². The second-order valence-electron chi connectivity index (χ2n) is 5.17. The maximum Gasteiger partial charge on any atom is 0.471 e. The SMILES string of the molecule is CCOC(=O)c1cccc(N(C(=O)C(F)(F)F)C2C=CS(=O)(=O)C2)c1. The summed E-state index contributed by atoms with van der Waals surface area (Å²) in [5, 5.41) is 0.767. The van der Waals surface area contributed by atoms with Crippen LogP contribution in [-0.2, 0) is 19.4 Å². The van der Waals surface area contributed by atoms with E-state index in [0.717, 1.165) is 17.6 Å². The largest absolute Gasteiger partial charge is 0.471 e. The van der Waals surface area contributed by atoms with E-state index in [1.165, 1.54) is 18.2 Å². The highest BCUT2D eigenvalue weighted by molar-refractivity contribution is 7.94. The van der Waals surface area contributed by atoms with Gasteiger partial charge in [0, 0.05) is 11.1 Å². The van der Waals surface area contributed by atoms with Gasteiger partial charge in [-0.15, -0.1) is 0 Å². The summed E-state index contributed by atoms with van der Waals surface area (Å²) < 4.78 is 66.7. The number of nitrogens with zero attached hydrogens (tertiary/aromatic N) is 1. The molecule has 1 amide bonds. The van der Waals surface area contributed by atoms with Crippen LogP contribution in [0.25, 0.3) is 0 Å². The minimum Gasteiger partial charge on any atom is -0.462 e. The molecule has 0 aromatic heterocycles. The van der Waals surface area contributed by atoms with Crippen LogP contribution in [-0.4, -0.2) is 44.9 Å². The number of benzene rings is 1. The number of carbonyl (C=O) groups is 2. The molecule has 1 aromatic carbocycles. The van der Waals surface area contributed by atoms with Crippen molar-refractivity contribution >= 4 is 27.4 Å². The Hall–Kier alpha value is -2.36. The average Bonchev–Trinajstić information content (AvgIpc) is 2.87. The molecule has 10 heteroatoms. The van der Waals surface area contributed by atoms with Crippen molar-refractivity contribution in [2.75, 3.05) is 17.3 Å². The molecule has 0 N–H and O–H groups in total. The summed E-state index contributed by atoms with van der Waals surface area (Å²) >= 11 is 0. The van der Waals surface area contributed by atoms with E-state index < -0.39 is 39.7 Å². The quantitative estimate of drug-likeness (QED) is 0.751. The smallest absolute Gasteiger partial charge is 0.462 e. The fourth-order valence-electron chi connectivity index (χ4n) is 2.31. The first-order valence-electron chi connectivity index (χ1n) is 7.13. The van der Waals surface area contributed by atoms with Crippen LogP contribution < -0.4 is 4.90 Å². The Morgan fingerprint density at radius 1 is 1.32 bits per heavy atom. The molecule has 0 fully saturated rings. The van der Waals surface area contributed by atoms with E-state index in [0.29, 0.717) is 4.90 Å². The van der Waals surface area contributed by atoms with Gasteiger partial charge in [-0.2, -0.15) is 13.2 Å². The van der Waals surface area contributed by atoms with Crippen LogP contribution in [0.4, 0.5) is 18.9 Å². The van der Waals surface area contributed by atoms with Crippen molar-refractivity contribution in [2.45, 2.75) is 19.1 Å². The lowest BCUT2D eigenvalue weighted by Crippen LogP contribution is -2.48. The maximum absolute atomic E-state index is 13.0. The molecule has 0 saturated heterocycles. The fraction of sp³-hybridized carbons (Fsp3) is 0.333. The normalized spacial score (nSPS) is 18.8. The molecule has 0 radical (unpaired) electrons. The monoisotopic (exact) mass is 377 g/mol. The van der Waals surface area contributed by atoms with Crippen LogP contribution in [0.3, 0.4) is 0 Å². The summed E-state index contributed by atoms with van der Waals surface area (Å²) in [7, 11) is -3.70. The van der Waals surface area contributed by atoms with Gasteiger partial charge in [0.05, 0.1) is 24.0 Å². The van der Waals surface area contributed by atoms with Gasteiger partial charge in [0.15, 0.2) is 9.84 Å². The Labute approximate surface area is 141 Å². The molecule has 1 aliphatic rings. The topological polar surface area (TPSA) is 80.8 Å². The van der Waals surface area contributed by atoms with Crippen LogP contribution in [0, 0.1) is 0 Å². The number of esters is 1. The molecule has 25 heavy (non-hydrogen) atoms. The van der Waals surface area contributed by atoms with E-state index in [-0.39, 0.29) is 17.9 Å². The van der Waals surface area contributed by atoms with Gasteiger partial charge in [-0.05, 0) is 31.2 Å². The Kier molecular flexibility index (Phi) is 5.21. The van der Waals surface area contributed by atoms with E-state index >= 15 is 0 Å². The van der Waals surface area contributed by atoms with Gasteiger partial charge in [-0.1, -0.05) is 6.07 Å². The molecule has 6 nitrogen and oxygen atoms in total. The molecule has 1 aliphatic heterocycles. The number of hydrogen-bond acceptors (Lipinski definition) is 5. The molecule has 1 aromatic rings. The van der Waals surface area contributed by atoms with Crippen molar-refractivity contribution < 1.29 is 35.9 Å². The summed E-state index contributed by atoms with van der Waals surface area (Å²) in [5.41, 5.74) is -0.302. The van der Waals surface area contributed by atoms with Gasteiger partial charge >= 0.3 is 18.1 Å². The van der Waals surface area contributed by atoms with Crippen molar-refractivity contribution in [1.82, 2.24) is 0 Å². The van der Waals surface area contributed by atoms with Crippen LogP contribution in [0.1, 0.15) is 17.3 Å². The summed E-state index contributed by atoms with van der Waals surface area (Å²) in [4.78, 5) is 23.9. The van der Waals surface area contributed by atoms with Gasteiger partial charge in [0.25, 0.3) is 0 Å². The number of ether oxygens (including phenoxy) is 1. The zero-order valence-electron chi connectivity index (χ0n) is 13.0. The first kappa shape index (κ1) is 19.0. The second-order valence-corrected chi connectivity index (χ2v) is 7.10. The minimum atomic E-state index is -5.21. The Morgan fingerprint density at radius 2 is 2.00 bits per heavy atom. The van der Waals surface area contributed by atoms with Crippen molar-refractivity contribution in [3.8, 4) is 0 Å². The van der Waals surface area contributed by atoms with Gasteiger partial charge < -0.3 is 4.74 Å². The lowest BCUT2D eigenvalue weighted by molar-refractivity contribution is -0.170. The molecular formula is C15H14F3NO5S. The van der Waals surface area contributed by atoms with E-state index in [9.17, 15) is 31.2 Å². The summed E-state index contributed by atoms with van der Waals surface area (Å²) in [6.07, 6.45) is -4.20. The summed E-state index contributed by atoms with van der Waals surface area (Å²) in [5.74, 6) is -3.66. The predicted molar refractivity (Wildman–Crippen MR) is 82.7 cm³/mol. The molecule has 1 heterocycles. The number of rotatable bonds is 4. The number of sulfone groups is 1. The van der Waals surface area contributed by atoms with E-state index in [4.69, 9.17) is 4.74 Å². The number of alkyl halides is 3. The van der Waals surface area contributed by atoms with Crippen LogP contribution in [0.2, 0.25) is 0 Å². The summed E-state index contributed by atoms with van der Waals surface area (Å²) in [6, 6.07) is 3.52. The van der Waals surface area contributed by atoms with Crippen molar-refractivity contribution in [2.24, 2.45) is 0 Å². The van der Waals surface area contributed by atoms with Crippen molar-refractivity contribution in [1.29, 1.82) is 0 Å². The third kappa shape index (κ3) is 4.38. The molecule has 0 aliphatic carbocycles. The number of hydrogen-bond donors (Lipinski definition) is 0. The van der Waals surface area contributed by atoms with Gasteiger partial charge in [0.2, 0.25) is 0 Å². The molecule has 1 atom stereocenters. The second kappa shape index (κ2) is 6.87. The van der Waals surface area contributed by atoms with Gasteiger partial charge in [0.1, 0.15) is 0 Å². The summed E-state index contributed by atoms with van der Waals surface area (Å²) in [6.45, 7) is 1.63. The Morgan fingerprint density at radius 3 is 2.52 bits per heavy atom. The van der Waals surface area contributed by atoms with Gasteiger partial charge in [-0.25, -0.2) is 13.2 Å². The highest BCUT2D eigenvalue weighted by Gasteiger charge is 2.46. The predicted octanol–water partition coefficient (Wildman–Crippen LogP) is 2.07. The lowest BCUT2D eigenvalue weighted by atomic mass is 10.1. The molecule has 0 bridgehead atoms. The standard InChI is InChI=1S/C15H14F3NO5S/c1-2-24-13(20)10-4-3-5-11(8-10)19(14(21)15(16,17)18)12-6-7-25(22,23)9-12/h3-8,12H,2,9H2,1H3. The van der Waals surface area contributed by atoms with Crippen LogP contribution in [0.5, 0.6) is 0 Å². The first-order valence-corrected chi connectivity index (χ1v) is 8.85. The molecule has 0 saturated carbocycles. The number of halogens is 3. The third-order valence-electron chi connectivity index (χ3n) is 3.34. The van der Waals surface area contributed by atoms with E-state index in [1.54, 1.807) is 6.92 Å². The van der Waals surface area contributed by atoms with Crippen LogP contribution in [0.15, 0.2) is 35.7 Å². The first-order chi connectivity index (χ1) is 11.5. The van der Waals surface area contributed by atoms with Gasteiger partial charge in [-0.3, -0.25) is 9.69 Å². The Balaban J connectivity index is 2.46. The molecule has 1 unspecified atom stereocenters. The average molecular weight is 377 g/mol. The highest BCUT2D eigenvalue weighted by Crippen LogP contribution is 2.29. The molecular weight excluding hydrogens is 363 g/mol. The number of anilines is 1. The maximum atomic E-state index is 13.0. The molecule has 2 rings (SSSR count). The third-order valence-corrected chi connectivity index (χ3v) is 4.72. The minimum absolute atomic E-state index is 0.0517. The zero-order chi connectivity index (χ0) is 18.8. The molecule has 0 spiro atoms. The number of carbonyl (C=O) groups excluding carboxylic acids is 2. The lowest BCUT2D eigenvalue weighted by Gasteiger charge is -2.28. The van der Waals surface area contributed by atoms with Crippen molar-refractivity contribution in [3.05, 3.63) is 41.3 Å². The van der Waals surface area contributed by atoms with Crippen LogP contribution >= 0.6 is 0 Å². The fourth-order valence-corrected chi connectivity index (χ4v) is 3.58. The number of amides is 1. The zero-order valence-corrected chi connectivity index (χ0v) is 13.8. The molecule has 136 valence electrons. The van der Waals surface area contributed by atoms with E-state index in [1.807, 2.05) is 0 Å². The van der Waals surface area contributed by atoms with E-state index in [2.05, 4.69) is 0 Å². The Bertz CT molecular complexity index is 817. The highest BCUT2D eigenvalue weighted by atomic mass is 32.2.